The molecule has 0 radical (unpaired) electrons. The van der Waals surface area contributed by atoms with Crippen LogP contribution in [0.2, 0.25) is 0 Å². The van der Waals surface area contributed by atoms with E-state index in [4.69, 9.17) is 14.0 Å². The van der Waals surface area contributed by atoms with Crippen LogP contribution in [-0.4, -0.2) is 53.7 Å². The lowest BCUT2D eigenvalue weighted by molar-refractivity contribution is -0.306. The summed E-state index contributed by atoms with van der Waals surface area (Å²) in [5.74, 6) is 0.379. The Bertz CT molecular complexity index is 1110. The highest BCUT2D eigenvalue weighted by Crippen LogP contribution is 2.62. The molecule has 7 atom stereocenters. The fourth-order valence-corrected chi connectivity index (χ4v) is 7.65. The van der Waals surface area contributed by atoms with E-state index in [1.807, 2.05) is 17.5 Å². The highest BCUT2D eigenvalue weighted by atomic mass is 32.1. The molecule has 7 unspecified atom stereocenters. The topological polar surface area (TPSA) is 123 Å². The van der Waals surface area contributed by atoms with Crippen LogP contribution in [0.1, 0.15) is 67.1 Å². The molecular formula is C27H37N3O6S. The maximum Gasteiger partial charge on any atom is 0.273 e. The highest BCUT2D eigenvalue weighted by Gasteiger charge is 2.61. The van der Waals surface area contributed by atoms with Gasteiger partial charge in [-0.05, 0) is 61.3 Å². The number of amides is 2. The molecule has 0 spiro atoms. The smallest absolute Gasteiger partial charge is 0.273 e. The normalized spacial score (nSPS) is 35.3. The Hall–Kier alpha value is -2.27. The van der Waals surface area contributed by atoms with E-state index in [0.29, 0.717) is 31.8 Å². The number of aryl methyl sites for hydroxylation is 1. The van der Waals surface area contributed by atoms with Gasteiger partial charge in [0.25, 0.3) is 5.91 Å². The summed E-state index contributed by atoms with van der Waals surface area (Å²) in [5.41, 5.74) is -0.192. The van der Waals surface area contributed by atoms with Gasteiger partial charge in [-0.1, -0.05) is 25.1 Å². The number of nitrogens with one attached hydrogen (secondary N) is 2. The zero-order chi connectivity index (χ0) is 26.2. The maximum atomic E-state index is 12.9. The second-order valence-corrected chi connectivity index (χ2v) is 12.3. The molecular weight excluding hydrogens is 494 g/mol. The molecule has 0 aromatic carbocycles. The predicted molar refractivity (Wildman–Crippen MR) is 137 cm³/mol. The highest BCUT2D eigenvalue weighted by molar-refractivity contribution is 7.09. The Morgan fingerprint density at radius 2 is 2.05 bits per heavy atom. The number of aliphatic hydroxyl groups is 1. The maximum absolute atomic E-state index is 12.9. The van der Waals surface area contributed by atoms with Crippen molar-refractivity contribution in [3.05, 3.63) is 39.9 Å². The zero-order valence-corrected chi connectivity index (χ0v) is 22.5. The van der Waals surface area contributed by atoms with E-state index in [1.165, 1.54) is 0 Å². The van der Waals surface area contributed by atoms with Gasteiger partial charge in [0.2, 0.25) is 5.91 Å². The molecule has 0 bridgehead atoms. The number of aliphatic hydroxyl groups excluding tert-OH is 1. The van der Waals surface area contributed by atoms with Crippen molar-refractivity contribution in [2.45, 2.75) is 77.9 Å². The third-order valence-electron chi connectivity index (χ3n) is 8.97. The van der Waals surface area contributed by atoms with Crippen molar-refractivity contribution < 1.29 is 28.7 Å². The number of carbonyl (C=O) groups is 2. The molecule has 3 N–H and O–H groups in total. The average Bonchev–Trinajstić information content (AvgIpc) is 3.55. The van der Waals surface area contributed by atoms with E-state index >= 15 is 0 Å². The molecule has 1 aliphatic heterocycles. The van der Waals surface area contributed by atoms with Gasteiger partial charge in [0.05, 0.1) is 31.9 Å². The molecule has 202 valence electrons. The van der Waals surface area contributed by atoms with Crippen molar-refractivity contribution >= 4 is 23.2 Å². The van der Waals surface area contributed by atoms with Crippen molar-refractivity contribution in [2.75, 3.05) is 13.2 Å². The third kappa shape index (κ3) is 5.21. The van der Waals surface area contributed by atoms with Crippen molar-refractivity contribution in [1.29, 1.82) is 0 Å². The Morgan fingerprint density at radius 1 is 1.22 bits per heavy atom. The number of aromatic nitrogens is 1. The SMILES string of the molecule is Cc1cc(C(=O)NCC2OCC3(C)C(CCC4(C)C(CC(=O)NCc5cccs5)C(O)CCC34)O2)no1. The molecule has 2 saturated carbocycles. The van der Waals surface area contributed by atoms with Gasteiger partial charge in [-0.2, -0.15) is 0 Å². The molecule has 2 aromatic heterocycles. The number of carbonyl (C=O) groups excluding carboxylic acids is 2. The van der Waals surface area contributed by atoms with Crippen LogP contribution in [0.5, 0.6) is 0 Å². The van der Waals surface area contributed by atoms with Gasteiger partial charge < -0.3 is 29.7 Å². The molecule has 3 fully saturated rings. The van der Waals surface area contributed by atoms with Crippen LogP contribution in [0, 0.1) is 29.6 Å². The van der Waals surface area contributed by atoms with Gasteiger partial charge in [0, 0.05) is 22.8 Å². The van der Waals surface area contributed by atoms with E-state index in [-0.39, 0.29) is 52.8 Å². The van der Waals surface area contributed by atoms with Crippen molar-refractivity contribution in [1.82, 2.24) is 15.8 Å². The number of rotatable bonds is 7. The van der Waals surface area contributed by atoms with Gasteiger partial charge in [-0.3, -0.25) is 9.59 Å². The fraction of sp³-hybridized carbons (Fsp3) is 0.667. The first kappa shape index (κ1) is 26.3. The van der Waals surface area contributed by atoms with Crippen LogP contribution in [0.15, 0.2) is 28.1 Å². The lowest BCUT2D eigenvalue weighted by Gasteiger charge is -2.63. The first-order valence-electron chi connectivity index (χ1n) is 13.1. The second kappa shape index (κ2) is 10.5. The van der Waals surface area contributed by atoms with Gasteiger partial charge in [-0.25, -0.2) is 0 Å². The lowest BCUT2D eigenvalue weighted by Crippen LogP contribution is -2.63. The Labute approximate surface area is 221 Å². The molecule has 2 amide bonds. The largest absolute Gasteiger partial charge is 0.393 e. The standard InChI is InChI=1S/C27H37N3O6S/c1-16-11-19(30-36-16)25(33)29-14-24-34-15-27(3)21-7-6-20(31)18(26(21,2)9-8-22(27)35-24)12-23(32)28-13-17-5-4-10-37-17/h4-5,10-11,18,20-22,24,31H,6-9,12-15H2,1-3H3,(H,28,32)(H,29,33). The minimum atomic E-state index is -0.535. The van der Waals surface area contributed by atoms with Crippen LogP contribution < -0.4 is 10.6 Å². The van der Waals surface area contributed by atoms with Crippen LogP contribution in [0.3, 0.4) is 0 Å². The molecule has 10 heteroatoms. The average molecular weight is 532 g/mol. The Balaban J connectivity index is 1.21. The van der Waals surface area contributed by atoms with Crippen LogP contribution in [-0.2, 0) is 20.8 Å². The zero-order valence-electron chi connectivity index (χ0n) is 21.7. The minimum absolute atomic E-state index is 0.0131. The monoisotopic (exact) mass is 531 g/mol. The molecule has 3 heterocycles. The van der Waals surface area contributed by atoms with E-state index in [2.05, 4.69) is 29.6 Å². The minimum Gasteiger partial charge on any atom is -0.393 e. The van der Waals surface area contributed by atoms with Crippen LogP contribution in [0.4, 0.5) is 0 Å². The summed E-state index contributed by atoms with van der Waals surface area (Å²) in [5, 5.41) is 22.6. The molecule has 1 saturated heterocycles. The molecule has 3 aliphatic rings. The number of fused-ring (bicyclic) bond motifs is 3. The van der Waals surface area contributed by atoms with Crippen molar-refractivity contribution in [3.8, 4) is 0 Å². The molecule has 2 aliphatic carbocycles. The summed E-state index contributed by atoms with van der Waals surface area (Å²) < 4.78 is 17.5. The first-order valence-corrected chi connectivity index (χ1v) is 14.0. The predicted octanol–water partition coefficient (Wildman–Crippen LogP) is 3.42. The van der Waals surface area contributed by atoms with E-state index < -0.39 is 12.4 Å². The van der Waals surface area contributed by atoms with E-state index in [1.54, 1.807) is 24.3 Å². The van der Waals surface area contributed by atoms with E-state index in [9.17, 15) is 14.7 Å². The lowest BCUT2D eigenvalue weighted by atomic mass is 9.46. The number of thiophene rings is 1. The van der Waals surface area contributed by atoms with E-state index in [0.717, 1.165) is 24.1 Å². The van der Waals surface area contributed by atoms with Crippen LogP contribution in [0.25, 0.3) is 0 Å². The summed E-state index contributed by atoms with van der Waals surface area (Å²) in [7, 11) is 0. The summed E-state index contributed by atoms with van der Waals surface area (Å²) in [4.78, 5) is 26.4. The molecule has 5 rings (SSSR count). The van der Waals surface area contributed by atoms with Gasteiger partial charge in [0.15, 0.2) is 12.0 Å². The Kier molecular flexibility index (Phi) is 7.46. The quantitative estimate of drug-likeness (QED) is 0.500. The summed E-state index contributed by atoms with van der Waals surface area (Å²) in [6, 6.07) is 5.58. The number of hydrogen-bond donors (Lipinski definition) is 3. The van der Waals surface area contributed by atoms with Gasteiger partial charge in [0.1, 0.15) is 5.76 Å². The van der Waals surface area contributed by atoms with Crippen LogP contribution >= 0.6 is 11.3 Å². The van der Waals surface area contributed by atoms with Gasteiger partial charge in [-0.15, -0.1) is 11.3 Å². The molecule has 9 nitrogen and oxygen atoms in total. The Morgan fingerprint density at radius 3 is 2.78 bits per heavy atom. The summed E-state index contributed by atoms with van der Waals surface area (Å²) in [6.45, 7) is 7.46. The molecule has 37 heavy (non-hydrogen) atoms. The number of hydrogen-bond acceptors (Lipinski definition) is 8. The number of ether oxygens (including phenoxy) is 2. The second-order valence-electron chi connectivity index (χ2n) is 11.3. The molecule has 2 aromatic rings. The number of nitrogens with zero attached hydrogens (tertiary/aromatic N) is 1. The fourth-order valence-electron chi connectivity index (χ4n) is 7.00. The summed E-state index contributed by atoms with van der Waals surface area (Å²) in [6.07, 6.45) is 2.50. The third-order valence-corrected chi connectivity index (χ3v) is 9.84. The van der Waals surface area contributed by atoms with Crippen molar-refractivity contribution in [3.63, 3.8) is 0 Å². The van der Waals surface area contributed by atoms with Gasteiger partial charge >= 0.3 is 0 Å². The first-order chi connectivity index (χ1) is 17.7. The summed E-state index contributed by atoms with van der Waals surface area (Å²) >= 11 is 1.62. The van der Waals surface area contributed by atoms with Crippen molar-refractivity contribution in [2.24, 2.45) is 22.7 Å².